The summed E-state index contributed by atoms with van der Waals surface area (Å²) in [6.45, 7) is 9.92. The van der Waals surface area contributed by atoms with Gasteiger partial charge in [0.2, 0.25) is 0 Å². The van der Waals surface area contributed by atoms with Crippen LogP contribution in [0.4, 0.5) is 5.69 Å². The van der Waals surface area contributed by atoms with Gasteiger partial charge in [0.15, 0.2) is 0 Å². The van der Waals surface area contributed by atoms with Crippen molar-refractivity contribution in [3.63, 3.8) is 0 Å². The first-order valence-corrected chi connectivity index (χ1v) is 6.44. The number of rotatable bonds is 6. The monoisotopic (exact) mass is 249 g/mol. The Balaban J connectivity index is 2.86. The largest absolute Gasteiger partial charge is 0.481 e. The zero-order chi connectivity index (χ0) is 13.7. The molecule has 3 heteroatoms. The van der Waals surface area contributed by atoms with Crippen LogP contribution in [0, 0.1) is 19.8 Å². The van der Waals surface area contributed by atoms with Gasteiger partial charge < -0.3 is 10.0 Å². The maximum Gasteiger partial charge on any atom is 0.305 e. The summed E-state index contributed by atoms with van der Waals surface area (Å²) in [5.74, 6) is -0.229. The Hall–Kier alpha value is -1.51. The van der Waals surface area contributed by atoms with Gasteiger partial charge in [-0.2, -0.15) is 0 Å². The second kappa shape index (κ2) is 6.43. The molecule has 0 atom stereocenters. The molecule has 0 bridgehead atoms. The smallest absolute Gasteiger partial charge is 0.305 e. The molecule has 1 aromatic rings. The predicted octanol–water partition coefficient (Wildman–Crippen LogP) is 3.24. The maximum atomic E-state index is 10.7. The normalized spacial score (nSPS) is 10.7. The van der Waals surface area contributed by atoms with E-state index in [0.717, 1.165) is 12.2 Å². The summed E-state index contributed by atoms with van der Waals surface area (Å²) in [5, 5.41) is 8.82. The summed E-state index contributed by atoms with van der Waals surface area (Å²) in [5.41, 5.74) is 3.63. The molecule has 1 rings (SSSR count). The van der Waals surface area contributed by atoms with Crippen LogP contribution in [0.5, 0.6) is 0 Å². The van der Waals surface area contributed by atoms with Gasteiger partial charge in [-0.3, -0.25) is 4.79 Å². The van der Waals surface area contributed by atoms with E-state index in [4.69, 9.17) is 5.11 Å². The molecular weight excluding hydrogens is 226 g/mol. The van der Waals surface area contributed by atoms with Gasteiger partial charge in [-0.25, -0.2) is 0 Å². The summed E-state index contributed by atoms with van der Waals surface area (Å²) >= 11 is 0. The minimum Gasteiger partial charge on any atom is -0.481 e. The average molecular weight is 249 g/mol. The van der Waals surface area contributed by atoms with E-state index in [1.54, 1.807) is 0 Å². The van der Waals surface area contributed by atoms with Crippen LogP contribution in [0.3, 0.4) is 0 Å². The van der Waals surface area contributed by atoms with Crippen molar-refractivity contribution in [3.8, 4) is 0 Å². The summed E-state index contributed by atoms with van der Waals surface area (Å²) in [6, 6.07) is 6.31. The number of anilines is 1. The molecule has 1 aromatic carbocycles. The van der Waals surface area contributed by atoms with E-state index in [9.17, 15) is 4.79 Å². The summed E-state index contributed by atoms with van der Waals surface area (Å²) in [4.78, 5) is 12.9. The number of hydrogen-bond acceptors (Lipinski definition) is 2. The van der Waals surface area contributed by atoms with Crippen LogP contribution in [0.2, 0.25) is 0 Å². The van der Waals surface area contributed by atoms with Gasteiger partial charge in [-0.15, -0.1) is 0 Å². The first kappa shape index (κ1) is 14.6. The standard InChI is InChI=1S/C15H23NO2/c1-11(2)10-16(8-7-15(17)18)14-6-5-12(3)13(4)9-14/h5-6,9,11H,7-8,10H2,1-4H3,(H,17,18). The molecule has 0 amide bonds. The third-order valence-corrected chi connectivity index (χ3v) is 3.04. The van der Waals surface area contributed by atoms with Crippen LogP contribution in [-0.4, -0.2) is 24.2 Å². The zero-order valence-corrected chi connectivity index (χ0v) is 11.7. The molecule has 0 heterocycles. The third kappa shape index (κ3) is 4.40. The van der Waals surface area contributed by atoms with Crippen molar-refractivity contribution < 1.29 is 9.90 Å². The lowest BCUT2D eigenvalue weighted by atomic mass is 10.1. The Labute approximate surface area is 109 Å². The van der Waals surface area contributed by atoms with E-state index < -0.39 is 5.97 Å². The van der Waals surface area contributed by atoms with Crippen LogP contribution in [-0.2, 0) is 4.79 Å². The van der Waals surface area contributed by atoms with E-state index in [1.165, 1.54) is 11.1 Å². The number of carbonyl (C=O) groups is 1. The quantitative estimate of drug-likeness (QED) is 0.841. The van der Waals surface area contributed by atoms with Crippen molar-refractivity contribution in [1.29, 1.82) is 0 Å². The molecule has 0 aliphatic heterocycles. The molecule has 0 saturated carbocycles. The molecule has 0 radical (unpaired) electrons. The second-order valence-electron chi connectivity index (χ2n) is 5.25. The topological polar surface area (TPSA) is 40.5 Å². The van der Waals surface area contributed by atoms with Gasteiger partial charge in [0, 0.05) is 18.8 Å². The SMILES string of the molecule is Cc1ccc(N(CCC(=O)O)CC(C)C)cc1C. The summed E-state index contributed by atoms with van der Waals surface area (Å²) in [6.07, 6.45) is 0.180. The minimum absolute atomic E-state index is 0.180. The highest BCUT2D eigenvalue weighted by atomic mass is 16.4. The lowest BCUT2D eigenvalue weighted by Gasteiger charge is -2.26. The van der Waals surface area contributed by atoms with Crippen molar-refractivity contribution in [2.75, 3.05) is 18.0 Å². The third-order valence-electron chi connectivity index (χ3n) is 3.04. The van der Waals surface area contributed by atoms with Crippen LogP contribution in [0.15, 0.2) is 18.2 Å². The molecule has 0 spiro atoms. The van der Waals surface area contributed by atoms with Crippen molar-refractivity contribution in [1.82, 2.24) is 0 Å². The van der Waals surface area contributed by atoms with Gasteiger partial charge in [-0.1, -0.05) is 19.9 Å². The molecular formula is C15H23NO2. The first-order chi connectivity index (χ1) is 8.40. The van der Waals surface area contributed by atoms with Crippen molar-refractivity contribution in [3.05, 3.63) is 29.3 Å². The van der Waals surface area contributed by atoms with E-state index >= 15 is 0 Å². The predicted molar refractivity (Wildman–Crippen MR) is 75.2 cm³/mol. The van der Waals surface area contributed by atoms with Crippen LogP contribution in [0.25, 0.3) is 0 Å². The van der Waals surface area contributed by atoms with E-state index in [-0.39, 0.29) is 6.42 Å². The van der Waals surface area contributed by atoms with Crippen LogP contribution < -0.4 is 4.90 Å². The number of nitrogens with zero attached hydrogens (tertiary/aromatic N) is 1. The van der Waals surface area contributed by atoms with Crippen molar-refractivity contribution in [2.45, 2.75) is 34.1 Å². The fourth-order valence-corrected chi connectivity index (χ4v) is 1.92. The Morgan fingerprint density at radius 2 is 1.94 bits per heavy atom. The van der Waals surface area contributed by atoms with E-state index in [2.05, 4.69) is 50.8 Å². The molecule has 0 unspecified atom stereocenters. The van der Waals surface area contributed by atoms with Gasteiger partial charge in [-0.05, 0) is 43.0 Å². The Morgan fingerprint density at radius 1 is 1.28 bits per heavy atom. The lowest BCUT2D eigenvalue weighted by Crippen LogP contribution is -2.30. The fraction of sp³-hybridized carbons (Fsp3) is 0.533. The molecule has 3 nitrogen and oxygen atoms in total. The molecule has 0 aliphatic rings. The number of benzene rings is 1. The Bertz CT molecular complexity index is 413. The van der Waals surface area contributed by atoms with Gasteiger partial charge in [0.1, 0.15) is 0 Å². The van der Waals surface area contributed by atoms with E-state index in [1.807, 2.05) is 0 Å². The average Bonchev–Trinajstić information content (AvgIpc) is 2.27. The van der Waals surface area contributed by atoms with Gasteiger partial charge >= 0.3 is 5.97 Å². The lowest BCUT2D eigenvalue weighted by molar-refractivity contribution is -0.136. The van der Waals surface area contributed by atoms with Crippen LogP contribution in [0.1, 0.15) is 31.4 Å². The number of hydrogen-bond donors (Lipinski definition) is 1. The first-order valence-electron chi connectivity index (χ1n) is 6.44. The summed E-state index contributed by atoms with van der Waals surface area (Å²) in [7, 11) is 0. The highest BCUT2D eigenvalue weighted by Gasteiger charge is 2.11. The molecule has 0 aromatic heterocycles. The van der Waals surface area contributed by atoms with Crippen LogP contribution >= 0.6 is 0 Å². The van der Waals surface area contributed by atoms with E-state index in [0.29, 0.717) is 12.5 Å². The maximum absolute atomic E-state index is 10.7. The van der Waals surface area contributed by atoms with Gasteiger partial charge in [0.05, 0.1) is 6.42 Å². The Kier molecular flexibility index (Phi) is 5.20. The number of aryl methyl sites for hydroxylation is 2. The fourth-order valence-electron chi connectivity index (χ4n) is 1.92. The number of carboxylic acids is 1. The molecule has 0 aliphatic carbocycles. The van der Waals surface area contributed by atoms with Gasteiger partial charge in [0.25, 0.3) is 0 Å². The highest BCUT2D eigenvalue weighted by molar-refractivity contribution is 5.67. The zero-order valence-electron chi connectivity index (χ0n) is 11.7. The number of aliphatic carboxylic acids is 1. The van der Waals surface area contributed by atoms with Crippen molar-refractivity contribution in [2.24, 2.45) is 5.92 Å². The Morgan fingerprint density at radius 3 is 2.44 bits per heavy atom. The molecule has 100 valence electrons. The van der Waals surface area contributed by atoms with Crippen molar-refractivity contribution >= 4 is 11.7 Å². The second-order valence-corrected chi connectivity index (χ2v) is 5.25. The molecule has 1 N–H and O–H groups in total. The molecule has 18 heavy (non-hydrogen) atoms. The summed E-state index contributed by atoms with van der Waals surface area (Å²) < 4.78 is 0. The minimum atomic E-state index is -0.743. The number of carboxylic acid groups (broad SMARTS) is 1. The molecule has 0 saturated heterocycles. The molecule has 0 fully saturated rings. The highest BCUT2D eigenvalue weighted by Crippen LogP contribution is 2.20.